The third-order valence-electron chi connectivity index (χ3n) is 4.87. The largest absolute Gasteiger partial charge is 0.330 e. The van der Waals surface area contributed by atoms with Crippen LogP contribution in [0.5, 0.6) is 0 Å². The topological polar surface area (TPSA) is 17.8 Å². The highest BCUT2D eigenvalue weighted by Gasteiger charge is 2.12. The van der Waals surface area contributed by atoms with Gasteiger partial charge in [0, 0.05) is 17.8 Å². The Hall–Kier alpha value is -3.13. The maximum Gasteiger partial charge on any atom is 0.0959 e. The van der Waals surface area contributed by atoms with Crippen LogP contribution in [0.4, 0.5) is 0 Å². The quantitative estimate of drug-likeness (QED) is 0.403. The van der Waals surface area contributed by atoms with Crippen LogP contribution in [0.2, 0.25) is 0 Å². The molecule has 0 bridgehead atoms. The fourth-order valence-corrected chi connectivity index (χ4v) is 3.56. The number of aromatic nitrogens is 2. The van der Waals surface area contributed by atoms with Crippen molar-refractivity contribution in [3.05, 3.63) is 103 Å². The monoisotopic (exact) mass is 352 g/mol. The molecule has 134 valence electrons. The SMILES string of the molecule is CCCc1c(-c2ccccc2)ncn1Cc1cccc(-c2ccccc2)c1. The average Bonchev–Trinajstić information content (AvgIpc) is 3.12. The van der Waals surface area contributed by atoms with E-state index in [0.717, 1.165) is 25.1 Å². The molecule has 1 aromatic heterocycles. The van der Waals surface area contributed by atoms with Crippen molar-refractivity contribution in [2.45, 2.75) is 26.3 Å². The first-order valence-electron chi connectivity index (χ1n) is 9.59. The number of hydrogen-bond donors (Lipinski definition) is 0. The maximum absolute atomic E-state index is 4.74. The van der Waals surface area contributed by atoms with Crippen LogP contribution in [0.3, 0.4) is 0 Å². The first-order chi connectivity index (χ1) is 13.3. The van der Waals surface area contributed by atoms with Crippen LogP contribution in [-0.2, 0) is 13.0 Å². The zero-order valence-electron chi connectivity index (χ0n) is 15.7. The van der Waals surface area contributed by atoms with Gasteiger partial charge in [0.25, 0.3) is 0 Å². The Bertz CT molecular complexity index is 1000. The zero-order valence-corrected chi connectivity index (χ0v) is 15.7. The van der Waals surface area contributed by atoms with Crippen molar-refractivity contribution < 1.29 is 0 Å². The van der Waals surface area contributed by atoms with Crippen molar-refractivity contribution in [1.29, 1.82) is 0 Å². The molecule has 0 saturated heterocycles. The van der Waals surface area contributed by atoms with Gasteiger partial charge in [-0.25, -0.2) is 4.98 Å². The first-order valence-corrected chi connectivity index (χ1v) is 9.59. The summed E-state index contributed by atoms with van der Waals surface area (Å²) in [5.41, 5.74) is 7.42. The molecular formula is C25H24N2. The molecule has 27 heavy (non-hydrogen) atoms. The molecular weight excluding hydrogens is 328 g/mol. The second-order valence-corrected chi connectivity index (χ2v) is 6.85. The van der Waals surface area contributed by atoms with Crippen LogP contribution in [0.1, 0.15) is 24.6 Å². The van der Waals surface area contributed by atoms with Crippen LogP contribution in [-0.4, -0.2) is 9.55 Å². The van der Waals surface area contributed by atoms with Crippen LogP contribution in [0.25, 0.3) is 22.4 Å². The van der Waals surface area contributed by atoms with Gasteiger partial charge in [-0.2, -0.15) is 0 Å². The molecule has 0 atom stereocenters. The fourth-order valence-electron chi connectivity index (χ4n) is 3.56. The fraction of sp³-hybridized carbons (Fsp3) is 0.160. The molecule has 1 heterocycles. The first kappa shape index (κ1) is 17.3. The molecule has 4 aromatic rings. The van der Waals surface area contributed by atoms with Gasteiger partial charge in [0.15, 0.2) is 0 Å². The summed E-state index contributed by atoms with van der Waals surface area (Å²) in [5, 5.41) is 0. The lowest BCUT2D eigenvalue weighted by Gasteiger charge is -2.11. The van der Waals surface area contributed by atoms with Crippen LogP contribution in [0, 0.1) is 0 Å². The standard InChI is InChI=1S/C25H24N2/c1-2-10-24-25(22-14-7-4-8-15-22)26-19-27(24)18-20-11-9-16-23(17-20)21-12-5-3-6-13-21/h3-9,11-17,19H,2,10,18H2,1H3. The van der Waals surface area contributed by atoms with Crippen LogP contribution >= 0.6 is 0 Å². The molecule has 2 heteroatoms. The van der Waals surface area contributed by atoms with E-state index >= 15 is 0 Å². The number of rotatable bonds is 6. The second kappa shape index (κ2) is 8.05. The van der Waals surface area contributed by atoms with E-state index in [2.05, 4.69) is 96.4 Å². The summed E-state index contributed by atoms with van der Waals surface area (Å²) in [4.78, 5) is 4.74. The second-order valence-electron chi connectivity index (χ2n) is 6.85. The van der Waals surface area contributed by atoms with E-state index in [-0.39, 0.29) is 0 Å². The molecule has 0 aliphatic heterocycles. The zero-order chi connectivity index (χ0) is 18.5. The van der Waals surface area contributed by atoms with E-state index in [1.165, 1.54) is 27.9 Å². The van der Waals surface area contributed by atoms with Crippen molar-refractivity contribution in [1.82, 2.24) is 9.55 Å². The minimum atomic E-state index is 0.843. The van der Waals surface area contributed by atoms with Crippen molar-refractivity contribution in [3.63, 3.8) is 0 Å². The van der Waals surface area contributed by atoms with E-state index < -0.39 is 0 Å². The molecule has 4 rings (SSSR count). The highest BCUT2D eigenvalue weighted by molar-refractivity contribution is 5.64. The predicted molar refractivity (Wildman–Crippen MR) is 113 cm³/mol. The summed E-state index contributed by atoms with van der Waals surface area (Å²) < 4.78 is 2.30. The summed E-state index contributed by atoms with van der Waals surface area (Å²) in [6, 6.07) is 29.8. The summed E-state index contributed by atoms with van der Waals surface area (Å²) >= 11 is 0. The highest BCUT2D eigenvalue weighted by atomic mass is 15.1. The molecule has 0 saturated carbocycles. The Kier molecular flexibility index (Phi) is 5.15. The van der Waals surface area contributed by atoms with Gasteiger partial charge in [-0.15, -0.1) is 0 Å². The average molecular weight is 352 g/mol. The number of benzene rings is 3. The van der Waals surface area contributed by atoms with Gasteiger partial charge in [-0.3, -0.25) is 0 Å². The van der Waals surface area contributed by atoms with E-state index in [4.69, 9.17) is 4.98 Å². The highest BCUT2D eigenvalue weighted by Crippen LogP contribution is 2.25. The molecule has 2 nitrogen and oxygen atoms in total. The number of nitrogens with zero attached hydrogens (tertiary/aromatic N) is 2. The van der Waals surface area contributed by atoms with E-state index in [9.17, 15) is 0 Å². The smallest absolute Gasteiger partial charge is 0.0959 e. The molecule has 0 fully saturated rings. The molecule has 0 N–H and O–H groups in total. The van der Waals surface area contributed by atoms with Gasteiger partial charge < -0.3 is 4.57 Å². The molecule has 0 spiro atoms. The molecule has 3 aromatic carbocycles. The van der Waals surface area contributed by atoms with Gasteiger partial charge >= 0.3 is 0 Å². The Labute approximate surface area is 161 Å². The predicted octanol–water partition coefficient (Wildman–Crippen LogP) is 6.22. The third-order valence-corrected chi connectivity index (χ3v) is 4.87. The lowest BCUT2D eigenvalue weighted by molar-refractivity contribution is 0.724. The lowest BCUT2D eigenvalue weighted by atomic mass is 10.0. The summed E-state index contributed by atoms with van der Waals surface area (Å²) in [6.07, 6.45) is 4.13. The van der Waals surface area contributed by atoms with E-state index in [0.29, 0.717) is 0 Å². The van der Waals surface area contributed by atoms with Gasteiger partial charge in [0.05, 0.1) is 12.0 Å². The van der Waals surface area contributed by atoms with Crippen molar-refractivity contribution >= 4 is 0 Å². The van der Waals surface area contributed by atoms with Crippen LogP contribution < -0.4 is 0 Å². The summed E-state index contributed by atoms with van der Waals surface area (Å²) in [5.74, 6) is 0. The number of imidazole rings is 1. The molecule has 0 aliphatic carbocycles. The Morgan fingerprint density at radius 1 is 0.741 bits per heavy atom. The molecule has 0 unspecified atom stereocenters. The van der Waals surface area contributed by atoms with E-state index in [1.54, 1.807) is 0 Å². The van der Waals surface area contributed by atoms with Gasteiger partial charge in [-0.05, 0) is 29.2 Å². The Morgan fingerprint density at radius 3 is 2.11 bits per heavy atom. The Morgan fingerprint density at radius 2 is 1.41 bits per heavy atom. The summed E-state index contributed by atoms with van der Waals surface area (Å²) in [6.45, 7) is 3.07. The van der Waals surface area contributed by atoms with Crippen molar-refractivity contribution in [2.24, 2.45) is 0 Å². The van der Waals surface area contributed by atoms with Gasteiger partial charge in [0.2, 0.25) is 0 Å². The van der Waals surface area contributed by atoms with E-state index in [1.807, 2.05) is 6.33 Å². The lowest BCUT2D eigenvalue weighted by Crippen LogP contribution is -2.04. The minimum absolute atomic E-state index is 0.843. The molecule has 0 amide bonds. The maximum atomic E-state index is 4.74. The number of hydrogen-bond acceptors (Lipinski definition) is 1. The van der Waals surface area contributed by atoms with Gasteiger partial charge in [-0.1, -0.05) is 92.2 Å². The van der Waals surface area contributed by atoms with Gasteiger partial charge in [0.1, 0.15) is 0 Å². The minimum Gasteiger partial charge on any atom is -0.330 e. The van der Waals surface area contributed by atoms with Crippen molar-refractivity contribution in [2.75, 3.05) is 0 Å². The normalized spacial score (nSPS) is 10.9. The van der Waals surface area contributed by atoms with Crippen molar-refractivity contribution in [3.8, 4) is 22.4 Å². The Balaban J connectivity index is 1.66. The molecule has 0 radical (unpaired) electrons. The summed E-state index contributed by atoms with van der Waals surface area (Å²) in [7, 11) is 0. The molecule has 0 aliphatic rings. The van der Waals surface area contributed by atoms with Crippen LogP contribution in [0.15, 0.2) is 91.3 Å². The third kappa shape index (κ3) is 3.85.